The third-order valence-electron chi connectivity index (χ3n) is 4.59. The normalized spacial score (nSPS) is 12.0. The van der Waals surface area contributed by atoms with Crippen molar-refractivity contribution in [1.82, 2.24) is 19.9 Å². The zero-order valence-electron chi connectivity index (χ0n) is 15.8. The minimum absolute atomic E-state index is 0.0470. The lowest BCUT2D eigenvalue weighted by molar-refractivity contribution is 0.0731. The monoisotopic (exact) mass is 364 g/mol. The van der Waals surface area contributed by atoms with Crippen LogP contribution in [0.3, 0.4) is 0 Å². The van der Waals surface area contributed by atoms with E-state index in [0.29, 0.717) is 18.2 Å². The summed E-state index contributed by atoms with van der Waals surface area (Å²) < 4.78 is 0. The van der Waals surface area contributed by atoms with Crippen molar-refractivity contribution in [1.29, 1.82) is 0 Å². The standard InChI is InChI=1S/C20H24N6O/c1-4-15(26(3)19(27)18-16(21)10-9-13(2)24-18)12-23-20-22-11-14-7-5-6-8-17(14)25-20/h5-11,15H,4,12,21H2,1-3H3,(H,22,23,25)/t15-/m0/s1. The first-order chi connectivity index (χ1) is 13.0. The summed E-state index contributed by atoms with van der Waals surface area (Å²) in [5, 5.41) is 4.22. The highest BCUT2D eigenvalue weighted by atomic mass is 16.2. The van der Waals surface area contributed by atoms with E-state index in [1.807, 2.05) is 38.1 Å². The van der Waals surface area contributed by atoms with Crippen molar-refractivity contribution in [3.8, 4) is 0 Å². The first-order valence-corrected chi connectivity index (χ1v) is 8.95. The molecule has 1 aromatic carbocycles. The molecule has 7 heteroatoms. The molecule has 2 aromatic heterocycles. The summed E-state index contributed by atoms with van der Waals surface area (Å²) in [5.74, 6) is 0.352. The van der Waals surface area contributed by atoms with Gasteiger partial charge in [0.05, 0.1) is 11.2 Å². The molecule has 3 rings (SSSR count). The number of para-hydroxylation sites is 1. The summed E-state index contributed by atoms with van der Waals surface area (Å²) in [6, 6.07) is 11.3. The van der Waals surface area contributed by atoms with Crippen LogP contribution in [0.2, 0.25) is 0 Å². The summed E-state index contributed by atoms with van der Waals surface area (Å²) in [6.45, 7) is 4.40. The number of aryl methyl sites for hydroxylation is 1. The minimum atomic E-state index is -0.190. The van der Waals surface area contributed by atoms with Crippen LogP contribution in [0.25, 0.3) is 10.9 Å². The lowest BCUT2D eigenvalue weighted by atomic mass is 10.1. The van der Waals surface area contributed by atoms with Gasteiger partial charge in [0.25, 0.3) is 5.91 Å². The first-order valence-electron chi connectivity index (χ1n) is 8.95. The molecule has 0 saturated heterocycles. The van der Waals surface area contributed by atoms with E-state index < -0.39 is 0 Å². The predicted molar refractivity (Wildman–Crippen MR) is 108 cm³/mol. The van der Waals surface area contributed by atoms with Gasteiger partial charge in [0.2, 0.25) is 5.95 Å². The lowest BCUT2D eigenvalue weighted by Gasteiger charge is -2.27. The van der Waals surface area contributed by atoms with Crippen LogP contribution in [0.4, 0.5) is 11.6 Å². The maximum absolute atomic E-state index is 12.8. The molecule has 0 saturated carbocycles. The van der Waals surface area contributed by atoms with Crippen molar-refractivity contribution in [3.63, 3.8) is 0 Å². The molecular weight excluding hydrogens is 340 g/mol. The molecule has 27 heavy (non-hydrogen) atoms. The molecule has 0 spiro atoms. The molecule has 1 atom stereocenters. The van der Waals surface area contributed by atoms with Crippen molar-refractivity contribution in [2.75, 3.05) is 24.6 Å². The van der Waals surface area contributed by atoms with Gasteiger partial charge in [-0.3, -0.25) is 4.79 Å². The Kier molecular flexibility index (Phi) is 5.49. The Morgan fingerprint density at radius 1 is 1.22 bits per heavy atom. The number of nitrogens with two attached hydrogens (primary N) is 1. The number of nitrogens with zero attached hydrogens (tertiary/aromatic N) is 4. The van der Waals surface area contributed by atoms with Crippen molar-refractivity contribution in [2.45, 2.75) is 26.3 Å². The van der Waals surface area contributed by atoms with Crippen LogP contribution in [0.1, 0.15) is 29.5 Å². The van der Waals surface area contributed by atoms with Crippen LogP contribution >= 0.6 is 0 Å². The van der Waals surface area contributed by atoms with Gasteiger partial charge in [-0.25, -0.2) is 15.0 Å². The van der Waals surface area contributed by atoms with Crippen LogP contribution in [-0.2, 0) is 0 Å². The van der Waals surface area contributed by atoms with Crippen LogP contribution in [0.5, 0.6) is 0 Å². The Labute approximate surface area is 158 Å². The van der Waals surface area contributed by atoms with Gasteiger partial charge in [-0.15, -0.1) is 0 Å². The van der Waals surface area contributed by atoms with Crippen molar-refractivity contribution in [2.24, 2.45) is 0 Å². The van der Waals surface area contributed by atoms with Crippen molar-refractivity contribution >= 4 is 28.4 Å². The lowest BCUT2D eigenvalue weighted by Crippen LogP contribution is -2.41. The topological polar surface area (TPSA) is 97.0 Å². The van der Waals surface area contributed by atoms with Crippen molar-refractivity contribution < 1.29 is 4.79 Å². The zero-order chi connectivity index (χ0) is 19.4. The average Bonchev–Trinajstić information content (AvgIpc) is 2.69. The van der Waals surface area contributed by atoms with E-state index in [4.69, 9.17) is 5.73 Å². The van der Waals surface area contributed by atoms with Gasteiger partial charge in [-0.1, -0.05) is 25.1 Å². The third-order valence-corrected chi connectivity index (χ3v) is 4.59. The fourth-order valence-corrected chi connectivity index (χ4v) is 2.89. The molecule has 0 bridgehead atoms. The summed E-state index contributed by atoms with van der Waals surface area (Å²) in [4.78, 5) is 27.7. The minimum Gasteiger partial charge on any atom is -0.397 e. The molecule has 7 nitrogen and oxygen atoms in total. The van der Waals surface area contributed by atoms with Crippen LogP contribution in [-0.4, -0.2) is 45.4 Å². The second-order valence-corrected chi connectivity index (χ2v) is 6.50. The molecule has 0 aliphatic carbocycles. The number of carbonyl (C=O) groups is 1. The fraction of sp³-hybridized carbons (Fsp3) is 0.300. The van der Waals surface area contributed by atoms with Gasteiger partial charge in [-0.05, 0) is 31.5 Å². The van der Waals surface area contributed by atoms with Gasteiger partial charge < -0.3 is 16.0 Å². The molecule has 140 valence electrons. The zero-order valence-corrected chi connectivity index (χ0v) is 15.8. The van der Waals surface area contributed by atoms with E-state index >= 15 is 0 Å². The molecular formula is C20H24N6O. The molecule has 0 fully saturated rings. The quantitative estimate of drug-likeness (QED) is 0.698. The number of hydrogen-bond acceptors (Lipinski definition) is 6. The van der Waals surface area contributed by atoms with E-state index in [1.54, 1.807) is 30.3 Å². The van der Waals surface area contributed by atoms with Gasteiger partial charge in [0.15, 0.2) is 5.69 Å². The first kappa shape index (κ1) is 18.6. The Bertz CT molecular complexity index is 958. The number of nitrogens with one attached hydrogen (secondary N) is 1. The van der Waals surface area contributed by atoms with E-state index in [1.165, 1.54) is 0 Å². The number of hydrogen-bond donors (Lipinski definition) is 2. The maximum atomic E-state index is 12.8. The van der Waals surface area contributed by atoms with Crippen LogP contribution < -0.4 is 11.1 Å². The SMILES string of the molecule is CC[C@@H](CNc1ncc2ccccc2n1)N(C)C(=O)c1nc(C)ccc1N. The second kappa shape index (κ2) is 7.99. The molecule has 3 aromatic rings. The van der Waals surface area contributed by atoms with Gasteiger partial charge in [-0.2, -0.15) is 0 Å². The number of nitrogen functional groups attached to an aromatic ring is 1. The largest absolute Gasteiger partial charge is 0.397 e. The molecule has 0 aliphatic heterocycles. The smallest absolute Gasteiger partial charge is 0.274 e. The highest BCUT2D eigenvalue weighted by Crippen LogP contribution is 2.16. The number of anilines is 2. The summed E-state index contributed by atoms with van der Waals surface area (Å²) in [7, 11) is 1.77. The summed E-state index contributed by atoms with van der Waals surface area (Å²) in [5.41, 5.74) is 8.26. The highest BCUT2D eigenvalue weighted by molar-refractivity contribution is 5.97. The third kappa shape index (κ3) is 4.13. The maximum Gasteiger partial charge on any atom is 0.274 e. The molecule has 1 amide bonds. The number of pyridine rings is 1. The Hall–Kier alpha value is -3.22. The molecule has 0 unspecified atom stereocenters. The Balaban J connectivity index is 1.71. The highest BCUT2D eigenvalue weighted by Gasteiger charge is 2.23. The van der Waals surface area contributed by atoms with Crippen LogP contribution in [0.15, 0.2) is 42.6 Å². The number of aromatic nitrogens is 3. The van der Waals surface area contributed by atoms with Crippen molar-refractivity contribution in [3.05, 3.63) is 54.0 Å². The summed E-state index contributed by atoms with van der Waals surface area (Å²) >= 11 is 0. The summed E-state index contributed by atoms with van der Waals surface area (Å²) in [6.07, 6.45) is 2.56. The molecule has 0 aliphatic rings. The van der Waals surface area contributed by atoms with E-state index in [9.17, 15) is 4.79 Å². The number of amides is 1. The van der Waals surface area contributed by atoms with Gasteiger partial charge >= 0.3 is 0 Å². The molecule has 3 N–H and O–H groups in total. The Morgan fingerprint density at radius 3 is 2.78 bits per heavy atom. The number of likely N-dealkylation sites (N-methyl/N-ethyl adjacent to an activating group) is 1. The van der Waals surface area contributed by atoms with E-state index in [0.717, 1.165) is 23.0 Å². The number of carbonyl (C=O) groups excluding carboxylic acids is 1. The number of rotatable bonds is 6. The number of fused-ring (bicyclic) bond motifs is 1. The molecule has 2 heterocycles. The van der Waals surface area contributed by atoms with E-state index in [-0.39, 0.29) is 17.6 Å². The fourth-order valence-electron chi connectivity index (χ4n) is 2.89. The predicted octanol–water partition coefficient (Wildman–Crippen LogP) is 2.88. The second-order valence-electron chi connectivity index (χ2n) is 6.50. The molecule has 0 radical (unpaired) electrons. The van der Waals surface area contributed by atoms with E-state index in [2.05, 4.69) is 20.3 Å². The Morgan fingerprint density at radius 2 is 2.00 bits per heavy atom. The van der Waals surface area contributed by atoms with Crippen LogP contribution in [0, 0.1) is 6.92 Å². The number of benzene rings is 1. The van der Waals surface area contributed by atoms with Gasteiger partial charge in [0.1, 0.15) is 0 Å². The average molecular weight is 364 g/mol. The van der Waals surface area contributed by atoms with Gasteiger partial charge in [0, 0.05) is 36.9 Å².